The number of piperidine rings is 1. The molecule has 0 spiro atoms. The molecule has 1 saturated heterocycles. The molecule has 0 aromatic heterocycles. The number of aliphatic hydroxyl groups is 1. The first-order valence-electron chi connectivity index (χ1n) is 9.26. The Hall–Kier alpha value is -2.34. The first-order valence-corrected chi connectivity index (χ1v) is 9.26. The highest BCUT2D eigenvalue weighted by atomic mass is 16.5. The van der Waals surface area contributed by atoms with Crippen molar-refractivity contribution < 1.29 is 24.1 Å². The van der Waals surface area contributed by atoms with Crippen molar-refractivity contribution in [2.45, 2.75) is 31.3 Å². The van der Waals surface area contributed by atoms with Crippen LogP contribution >= 0.6 is 0 Å². The summed E-state index contributed by atoms with van der Waals surface area (Å²) in [4.78, 5) is 2.22. The van der Waals surface area contributed by atoms with E-state index in [0.29, 0.717) is 24.5 Å². The van der Waals surface area contributed by atoms with E-state index in [0.717, 1.165) is 48.6 Å². The zero-order valence-corrected chi connectivity index (χ0v) is 16.6. The van der Waals surface area contributed by atoms with Gasteiger partial charge in [-0.3, -0.25) is 0 Å². The van der Waals surface area contributed by atoms with E-state index in [1.807, 2.05) is 24.3 Å². The number of allylic oxidation sites excluding steroid dienone is 2. The normalized spacial score (nSPS) is 23.4. The lowest BCUT2D eigenvalue weighted by Gasteiger charge is -2.43. The predicted octanol–water partition coefficient (Wildman–Crippen LogP) is 3.13. The Morgan fingerprint density at radius 3 is 2.41 bits per heavy atom. The Morgan fingerprint density at radius 1 is 0.963 bits per heavy atom. The second-order valence-electron chi connectivity index (χ2n) is 6.93. The number of hydrogen-bond acceptors (Lipinski definition) is 6. The number of nitrogens with zero attached hydrogens (tertiary/aromatic N) is 1. The zero-order valence-electron chi connectivity index (χ0n) is 16.6. The quantitative estimate of drug-likeness (QED) is 0.824. The number of rotatable bonds is 6. The van der Waals surface area contributed by atoms with E-state index in [1.54, 1.807) is 28.4 Å². The lowest BCUT2D eigenvalue weighted by atomic mass is 9.85. The Bertz CT molecular complexity index is 742. The maximum Gasteiger partial charge on any atom is 0.200 e. The number of hydrogen-bond donors (Lipinski definition) is 1. The molecule has 148 valence electrons. The summed E-state index contributed by atoms with van der Waals surface area (Å²) >= 11 is 0. The van der Waals surface area contributed by atoms with Gasteiger partial charge < -0.3 is 29.0 Å². The van der Waals surface area contributed by atoms with E-state index >= 15 is 0 Å². The maximum atomic E-state index is 11.4. The smallest absolute Gasteiger partial charge is 0.200 e. The van der Waals surface area contributed by atoms with Crippen molar-refractivity contribution in [3.05, 3.63) is 52.8 Å². The highest BCUT2D eigenvalue weighted by molar-refractivity contribution is 5.35. The van der Waals surface area contributed by atoms with Crippen LogP contribution in [-0.2, 0) is 19.8 Å². The van der Waals surface area contributed by atoms with Crippen molar-refractivity contribution in [3.8, 4) is 5.75 Å². The monoisotopic (exact) mass is 375 g/mol. The van der Waals surface area contributed by atoms with Gasteiger partial charge in [0.2, 0.25) is 5.76 Å². The molecule has 1 aromatic carbocycles. The van der Waals surface area contributed by atoms with Gasteiger partial charge >= 0.3 is 0 Å². The zero-order chi connectivity index (χ0) is 19.4. The van der Waals surface area contributed by atoms with E-state index in [-0.39, 0.29) is 0 Å². The number of methoxy groups -OCH3 is 4. The fourth-order valence-electron chi connectivity index (χ4n) is 4.04. The molecule has 27 heavy (non-hydrogen) atoms. The van der Waals surface area contributed by atoms with E-state index < -0.39 is 5.60 Å². The summed E-state index contributed by atoms with van der Waals surface area (Å²) in [5, 5.41) is 11.4. The summed E-state index contributed by atoms with van der Waals surface area (Å²) in [5.41, 5.74) is 0.995. The molecular formula is C21H29NO5. The van der Waals surface area contributed by atoms with Crippen LogP contribution in [0.2, 0.25) is 0 Å². The van der Waals surface area contributed by atoms with Crippen LogP contribution in [0.25, 0.3) is 0 Å². The molecule has 1 aromatic rings. The van der Waals surface area contributed by atoms with E-state index in [4.69, 9.17) is 18.9 Å². The lowest BCUT2D eigenvalue weighted by Crippen LogP contribution is -2.46. The predicted molar refractivity (Wildman–Crippen MR) is 102 cm³/mol. The average Bonchev–Trinajstić information content (AvgIpc) is 2.72. The molecule has 1 atom stereocenters. The van der Waals surface area contributed by atoms with Crippen molar-refractivity contribution in [2.75, 3.05) is 41.5 Å². The standard InChI is InChI=1S/C21H29NO5/c1-24-16-8-5-7-15(13-16)21(23)11-6-12-22(14-21)17-9-10-18(25-2)20(27-4)19(17)26-3/h5,7-8,13,23H,6,9-12,14H2,1-4H3. The first kappa shape index (κ1) is 19.4. The van der Waals surface area contributed by atoms with Crippen molar-refractivity contribution in [3.63, 3.8) is 0 Å². The maximum absolute atomic E-state index is 11.4. The summed E-state index contributed by atoms with van der Waals surface area (Å²) in [7, 11) is 6.55. The van der Waals surface area contributed by atoms with Crippen LogP contribution in [0.5, 0.6) is 5.75 Å². The second kappa shape index (κ2) is 8.13. The Morgan fingerprint density at radius 2 is 1.74 bits per heavy atom. The fourth-order valence-corrected chi connectivity index (χ4v) is 4.04. The van der Waals surface area contributed by atoms with Crippen LogP contribution in [0.3, 0.4) is 0 Å². The molecule has 0 radical (unpaired) electrons. The summed E-state index contributed by atoms with van der Waals surface area (Å²) in [6.45, 7) is 1.37. The molecule has 6 nitrogen and oxygen atoms in total. The third kappa shape index (κ3) is 3.72. The topological polar surface area (TPSA) is 60.4 Å². The molecule has 0 bridgehead atoms. The molecule has 6 heteroatoms. The SMILES string of the molecule is COC1=C(OC)C(OC)=C(N2CCCC(O)(c3cccc(OC)c3)C2)CC1. The van der Waals surface area contributed by atoms with Crippen molar-refractivity contribution in [1.29, 1.82) is 0 Å². The van der Waals surface area contributed by atoms with Crippen LogP contribution in [0.1, 0.15) is 31.2 Å². The number of benzene rings is 1. The fraction of sp³-hybridized carbons (Fsp3) is 0.524. The van der Waals surface area contributed by atoms with Gasteiger partial charge in [-0.05, 0) is 37.0 Å². The lowest BCUT2D eigenvalue weighted by molar-refractivity contribution is -0.0286. The van der Waals surface area contributed by atoms with Gasteiger partial charge in [0.15, 0.2) is 5.76 Å². The molecular weight excluding hydrogens is 346 g/mol. The van der Waals surface area contributed by atoms with Crippen LogP contribution in [-0.4, -0.2) is 51.5 Å². The van der Waals surface area contributed by atoms with Crippen LogP contribution < -0.4 is 4.74 Å². The van der Waals surface area contributed by atoms with Crippen molar-refractivity contribution in [2.24, 2.45) is 0 Å². The molecule has 1 unspecified atom stereocenters. The highest BCUT2D eigenvalue weighted by Crippen LogP contribution is 2.39. The summed E-state index contributed by atoms with van der Waals surface area (Å²) in [6, 6.07) is 7.69. The molecule has 1 aliphatic heterocycles. The van der Waals surface area contributed by atoms with Gasteiger partial charge in [0.1, 0.15) is 17.1 Å². The third-order valence-corrected chi connectivity index (χ3v) is 5.42. The number of ether oxygens (including phenoxy) is 4. The number of likely N-dealkylation sites (tertiary alicyclic amines) is 1. The summed E-state index contributed by atoms with van der Waals surface area (Å²) < 4.78 is 22.0. The van der Waals surface area contributed by atoms with Gasteiger partial charge in [-0.2, -0.15) is 0 Å². The molecule has 0 amide bonds. The first-order chi connectivity index (χ1) is 13.1. The van der Waals surface area contributed by atoms with Crippen LogP contribution in [0.15, 0.2) is 47.2 Å². The van der Waals surface area contributed by atoms with Crippen LogP contribution in [0.4, 0.5) is 0 Å². The van der Waals surface area contributed by atoms with Gasteiger partial charge in [0.25, 0.3) is 0 Å². The molecule has 1 aliphatic carbocycles. The Balaban J connectivity index is 1.93. The van der Waals surface area contributed by atoms with Gasteiger partial charge in [0, 0.05) is 13.0 Å². The highest BCUT2D eigenvalue weighted by Gasteiger charge is 2.38. The van der Waals surface area contributed by atoms with Crippen molar-refractivity contribution >= 4 is 0 Å². The minimum Gasteiger partial charge on any atom is -0.497 e. The van der Waals surface area contributed by atoms with Gasteiger partial charge in [-0.25, -0.2) is 0 Å². The Labute approximate surface area is 161 Å². The van der Waals surface area contributed by atoms with Crippen molar-refractivity contribution in [1.82, 2.24) is 4.90 Å². The molecule has 1 heterocycles. The Kier molecular flexibility index (Phi) is 5.85. The number of β-amino-alcohol motifs (C(OH)–C–C–N with tert-alkyl or cyclic N) is 1. The average molecular weight is 375 g/mol. The molecule has 1 fully saturated rings. The van der Waals surface area contributed by atoms with E-state index in [2.05, 4.69) is 4.90 Å². The molecule has 1 N–H and O–H groups in total. The molecule has 3 rings (SSSR count). The van der Waals surface area contributed by atoms with E-state index in [1.165, 1.54) is 0 Å². The summed E-state index contributed by atoms with van der Waals surface area (Å²) in [6.07, 6.45) is 3.13. The minimum absolute atomic E-state index is 0.502. The minimum atomic E-state index is -0.933. The second-order valence-corrected chi connectivity index (χ2v) is 6.93. The van der Waals surface area contributed by atoms with Crippen LogP contribution in [0, 0.1) is 0 Å². The van der Waals surface area contributed by atoms with Gasteiger partial charge in [0.05, 0.1) is 40.7 Å². The van der Waals surface area contributed by atoms with Gasteiger partial charge in [-0.1, -0.05) is 12.1 Å². The van der Waals surface area contributed by atoms with E-state index in [9.17, 15) is 5.11 Å². The molecule has 0 saturated carbocycles. The van der Waals surface area contributed by atoms with Gasteiger partial charge in [-0.15, -0.1) is 0 Å². The largest absolute Gasteiger partial charge is 0.497 e. The molecule has 2 aliphatic rings. The summed E-state index contributed by atoms with van der Waals surface area (Å²) in [5.74, 6) is 2.87. The third-order valence-electron chi connectivity index (χ3n) is 5.42.